The van der Waals surface area contributed by atoms with Gasteiger partial charge in [-0.15, -0.1) is 11.3 Å². The number of benzene rings is 1. The van der Waals surface area contributed by atoms with E-state index in [-0.39, 0.29) is 0 Å². The first-order valence-electron chi connectivity index (χ1n) is 6.92. The van der Waals surface area contributed by atoms with E-state index in [2.05, 4.69) is 29.2 Å². The third kappa shape index (κ3) is 2.05. The van der Waals surface area contributed by atoms with Crippen molar-refractivity contribution in [3.05, 3.63) is 58.9 Å². The number of aliphatic hydroxyl groups is 1. The average molecular weight is 284 g/mol. The van der Waals surface area contributed by atoms with Crippen LogP contribution in [0.3, 0.4) is 0 Å². The molecular weight excluding hydrogens is 268 g/mol. The average Bonchev–Trinajstić information content (AvgIpc) is 2.99. The molecule has 1 aliphatic carbocycles. The number of hydrogen-bond donors (Lipinski definition) is 1. The summed E-state index contributed by atoms with van der Waals surface area (Å²) < 4.78 is 2.03. The first-order chi connectivity index (χ1) is 9.72. The third-order valence-corrected chi connectivity index (χ3v) is 4.92. The summed E-state index contributed by atoms with van der Waals surface area (Å²) >= 11 is 1.63. The van der Waals surface area contributed by atoms with Gasteiger partial charge in [0, 0.05) is 30.6 Å². The molecule has 1 aliphatic rings. The topological polar surface area (TPSA) is 37.5 Å². The van der Waals surface area contributed by atoms with Gasteiger partial charge in [0.2, 0.25) is 0 Å². The number of fused-ring (bicyclic) bond motifs is 2. The molecule has 1 atom stereocenters. The van der Waals surface area contributed by atoms with Crippen molar-refractivity contribution in [3.63, 3.8) is 0 Å². The molecule has 1 unspecified atom stereocenters. The summed E-state index contributed by atoms with van der Waals surface area (Å²) in [5.74, 6) is 0. The maximum absolute atomic E-state index is 10.9. The van der Waals surface area contributed by atoms with Crippen LogP contribution in [0.1, 0.15) is 23.2 Å². The van der Waals surface area contributed by atoms with E-state index in [0.29, 0.717) is 6.42 Å². The molecule has 0 bridgehead atoms. The van der Waals surface area contributed by atoms with Gasteiger partial charge in [-0.05, 0) is 24.0 Å². The summed E-state index contributed by atoms with van der Waals surface area (Å²) in [6.45, 7) is 0. The van der Waals surface area contributed by atoms with Crippen molar-refractivity contribution in [2.24, 2.45) is 0 Å². The molecular formula is C16H16N2OS. The number of rotatable bonds is 2. The van der Waals surface area contributed by atoms with Crippen molar-refractivity contribution < 1.29 is 5.11 Å². The highest BCUT2D eigenvalue weighted by Gasteiger charge is 2.32. The van der Waals surface area contributed by atoms with E-state index in [1.54, 1.807) is 11.3 Å². The number of aryl methyl sites for hydroxylation is 1. The van der Waals surface area contributed by atoms with E-state index in [1.165, 1.54) is 11.1 Å². The Morgan fingerprint density at radius 1 is 1.30 bits per heavy atom. The van der Waals surface area contributed by atoms with Crippen LogP contribution in [0.4, 0.5) is 0 Å². The summed E-state index contributed by atoms with van der Waals surface area (Å²) in [4.78, 5) is 5.59. The third-order valence-electron chi connectivity index (χ3n) is 4.15. The summed E-state index contributed by atoms with van der Waals surface area (Å²) in [5.41, 5.74) is 2.99. The first-order valence-corrected chi connectivity index (χ1v) is 7.80. The van der Waals surface area contributed by atoms with Crippen LogP contribution >= 0.6 is 11.3 Å². The lowest BCUT2D eigenvalue weighted by Crippen LogP contribution is -2.38. The summed E-state index contributed by atoms with van der Waals surface area (Å²) in [6, 6.07) is 8.43. The number of nitrogens with zero attached hydrogens (tertiary/aromatic N) is 2. The lowest BCUT2D eigenvalue weighted by atomic mass is 9.78. The molecule has 0 saturated heterocycles. The van der Waals surface area contributed by atoms with Crippen LogP contribution in [0.2, 0.25) is 0 Å². The second-order valence-corrected chi connectivity index (χ2v) is 6.54. The highest BCUT2D eigenvalue weighted by atomic mass is 32.1. The van der Waals surface area contributed by atoms with Crippen LogP contribution in [0, 0.1) is 0 Å². The summed E-state index contributed by atoms with van der Waals surface area (Å²) in [5, 5.41) is 12.9. The molecule has 2 aromatic heterocycles. The van der Waals surface area contributed by atoms with E-state index in [1.807, 2.05) is 22.2 Å². The lowest BCUT2D eigenvalue weighted by Gasteiger charge is -2.33. The molecule has 0 saturated carbocycles. The number of aromatic nitrogens is 2. The second kappa shape index (κ2) is 4.43. The molecule has 0 radical (unpaired) electrons. The fraction of sp³-hybridized carbons (Fsp3) is 0.312. The van der Waals surface area contributed by atoms with Gasteiger partial charge < -0.3 is 5.11 Å². The molecule has 1 aromatic carbocycles. The SMILES string of the molecule is OC1(Cc2cn3ccsc3n2)CCc2ccccc2C1. The van der Waals surface area contributed by atoms with Crippen LogP contribution in [0.25, 0.3) is 4.96 Å². The van der Waals surface area contributed by atoms with Gasteiger partial charge in [0.25, 0.3) is 0 Å². The monoisotopic (exact) mass is 284 g/mol. The molecule has 2 heterocycles. The Kier molecular flexibility index (Phi) is 2.69. The minimum Gasteiger partial charge on any atom is -0.389 e. The fourth-order valence-electron chi connectivity index (χ4n) is 3.13. The van der Waals surface area contributed by atoms with Crippen molar-refractivity contribution in [2.45, 2.75) is 31.3 Å². The highest BCUT2D eigenvalue weighted by Crippen LogP contribution is 2.31. The van der Waals surface area contributed by atoms with E-state index in [9.17, 15) is 5.11 Å². The van der Waals surface area contributed by atoms with Crippen LogP contribution in [-0.2, 0) is 19.3 Å². The van der Waals surface area contributed by atoms with Crippen molar-refractivity contribution >= 4 is 16.3 Å². The van der Waals surface area contributed by atoms with Crippen molar-refractivity contribution in [3.8, 4) is 0 Å². The van der Waals surface area contributed by atoms with E-state index < -0.39 is 5.60 Å². The predicted molar refractivity (Wildman–Crippen MR) is 80.2 cm³/mol. The zero-order valence-electron chi connectivity index (χ0n) is 11.1. The van der Waals surface area contributed by atoms with Crippen molar-refractivity contribution in [1.29, 1.82) is 0 Å². The lowest BCUT2D eigenvalue weighted by molar-refractivity contribution is 0.0259. The zero-order valence-corrected chi connectivity index (χ0v) is 11.9. The summed E-state index contributed by atoms with van der Waals surface area (Å²) in [6.07, 6.45) is 7.18. The smallest absolute Gasteiger partial charge is 0.193 e. The zero-order chi connectivity index (χ0) is 13.6. The van der Waals surface area contributed by atoms with Gasteiger partial charge in [0.1, 0.15) is 0 Å². The number of thiazole rings is 1. The maximum atomic E-state index is 10.9. The van der Waals surface area contributed by atoms with Gasteiger partial charge in [-0.25, -0.2) is 4.98 Å². The van der Waals surface area contributed by atoms with Gasteiger partial charge in [0.05, 0.1) is 11.3 Å². The molecule has 102 valence electrons. The second-order valence-electron chi connectivity index (χ2n) is 5.67. The standard InChI is InChI=1S/C16H16N2OS/c19-16(6-5-12-3-1-2-4-13(12)9-16)10-14-11-18-7-8-20-15(18)17-14/h1-4,7-8,11,19H,5-6,9-10H2. The molecule has 20 heavy (non-hydrogen) atoms. The number of hydrogen-bond acceptors (Lipinski definition) is 3. The Morgan fingerprint density at radius 3 is 3.00 bits per heavy atom. The first kappa shape index (κ1) is 12.1. The molecule has 4 rings (SSSR count). The van der Waals surface area contributed by atoms with Crippen LogP contribution in [-0.4, -0.2) is 20.1 Å². The summed E-state index contributed by atoms with van der Waals surface area (Å²) in [7, 11) is 0. The Labute approximate surface area is 121 Å². The fourth-order valence-corrected chi connectivity index (χ4v) is 3.85. The Morgan fingerprint density at radius 2 is 2.15 bits per heavy atom. The molecule has 4 heteroatoms. The van der Waals surface area contributed by atoms with E-state index >= 15 is 0 Å². The molecule has 0 aliphatic heterocycles. The van der Waals surface area contributed by atoms with Gasteiger partial charge in [0.15, 0.2) is 4.96 Å². The molecule has 3 aromatic rings. The largest absolute Gasteiger partial charge is 0.389 e. The van der Waals surface area contributed by atoms with E-state index in [0.717, 1.165) is 29.9 Å². The van der Waals surface area contributed by atoms with Gasteiger partial charge in [-0.2, -0.15) is 0 Å². The van der Waals surface area contributed by atoms with Gasteiger partial charge in [-0.1, -0.05) is 24.3 Å². The highest BCUT2D eigenvalue weighted by molar-refractivity contribution is 7.15. The van der Waals surface area contributed by atoms with Crippen molar-refractivity contribution in [1.82, 2.24) is 9.38 Å². The maximum Gasteiger partial charge on any atom is 0.193 e. The molecule has 1 N–H and O–H groups in total. The molecule has 0 fully saturated rings. The van der Waals surface area contributed by atoms with Crippen LogP contribution in [0.5, 0.6) is 0 Å². The predicted octanol–water partition coefficient (Wildman–Crippen LogP) is 2.86. The number of imidazole rings is 1. The van der Waals surface area contributed by atoms with E-state index in [4.69, 9.17) is 0 Å². The Balaban J connectivity index is 1.61. The Bertz CT molecular complexity index is 732. The minimum absolute atomic E-state index is 0.635. The normalized spacial score (nSPS) is 22.1. The van der Waals surface area contributed by atoms with Gasteiger partial charge >= 0.3 is 0 Å². The van der Waals surface area contributed by atoms with Crippen molar-refractivity contribution in [2.75, 3.05) is 0 Å². The molecule has 3 nitrogen and oxygen atoms in total. The van der Waals surface area contributed by atoms with Crippen LogP contribution < -0.4 is 0 Å². The Hall–Kier alpha value is -1.65. The quantitative estimate of drug-likeness (QED) is 0.785. The molecule has 0 amide bonds. The minimum atomic E-state index is -0.654. The van der Waals surface area contributed by atoms with Crippen LogP contribution in [0.15, 0.2) is 42.0 Å². The molecule has 0 spiro atoms. The van der Waals surface area contributed by atoms with Gasteiger partial charge in [-0.3, -0.25) is 4.40 Å².